The Balaban J connectivity index is 1.94. The van der Waals surface area contributed by atoms with Crippen molar-refractivity contribution in [2.45, 2.75) is 64.6 Å². The molecule has 0 aromatic heterocycles. The predicted octanol–water partition coefficient (Wildman–Crippen LogP) is 2.57. The van der Waals surface area contributed by atoms with E-state index >= 15 is 0 Å². The number of ether oxygens (including phenoxy) is 1. The van der Waals surface area contributed by atoms with Crippen molar-refractivity contribution >= 4 is 17.8 Å². The van der Waals surface area contributed by atoms with Gasteiger partial charge in [0.05, 0.1) is 0 Å². The zero-order valence-electron chi connectivity index (χ0n) is 16.0. The molecule has 2 rings (SSSR count). The number of benzene rings is 1. The fraction of sp³-hybridized carbons (Fsp3) is 0.550. The summed E-state index contributed by atoms with van der Waals surface area (Å²) in [5.74, 6) is -2.20. The van der Waals surface area contributed by atoms with Crippen molar-refractivity contribution in [1.29, 1.82) is 0 Å². The Morgan fingerprint density at radius 1 is 1.07 bits per heavy atom. The van der Waals surface area contributed by atoms with Gasteiger partial charge in [0.15, 0.2) is 6.10 Å². The van der Waals surface area contributed by atoms with Crippen LogP contribution in [0.4, 0.5) is 4.39 Å². The minimum absolute atomic E-state index is 0.137. The molecule has 0 radical (unpaired) electrons. The lowest BCUT2D eigenvalue weighted by molar-refractivity contribution is -0.157. The van der Waals surface area contributed by atoms with Crippen LogP contribution in [0, 0.1) is 11.7 Å². The fourth-order valence-electron chi connectivity index (χ4n) is 3.01. The smallest absolute Gasteiger partial charge is 0.329 e. The number of esters is 1. The van der Waals surface area contributed by atoms with Crippen LogP contribution in [-0.4, -0.2) is 36.0 Å². The number of nitrogens with one attached hydrogen (secondary N) is 2. The Morgan fingerprint density at radius 2 is 1.67 bits per heavy atom. The largest absolute Gasteiger partial charge is 0.451 e. The zero-order chi connectivity index (χ0) is 20.0. The van der Waals surface area contributed by atoms with E-state index in [-0.39, 0.29) is 23.4 Å². The van der Waals surface area contributed by atoms with Gasteiger partial charge < -0.3 is 15.4 Å². The van der Waals surface area contributed by atoms with Gasteiger partial charge in [-0.1, -0.05) is 26.7 Å². The first-order valence-electron chi connectivity index (χ1n) is 9.35. The van der Waals surface area contributed by atoms with Crippen molar-refractivity contribution in [1.82, 2.24) is 10.6 Å². The zero-order valence-corrected chi connectivity index (χ0v) is 16.0. The molecular weight excluding hydrogens is 351 g/mol. The molecule has 0 aliphatic heterocycles. The summed E-state index contributed by atoms with van der Waals surface area (Å²) in [6.07, 6.45) is 3.11. The van der Waals surface area contributed by atoms with Crippen molar-refractivity contribution in [3.05, 3.63) is 35.6 Å². The summed E-state index contributed by atoms with van der Waals surface area (Å²) in [6, 6.07) is 4.25. The molecule has 0 saturated heterocycles. The van der Waals surface area contributed by atoms with Gasteiger partial charge in [0, 0.05) is 11.6 Å². The average molecular weight is 378 g/mol. The first-order valence-corrected chi connectivity index (χ1v) is 9.35. The molecule has 1 aliphatic rings. The number of carbonyl (C=O) groups is 3. The maximum atomic E-state index is 13.0. The van der Waals surface area contributed by atoms with Crippen LogP contribution in [0.1, 0.15) is 56.8 Å². The van der Waals surface area contributed by atoms with E-state index in [2.05, 4.69) is 10.6 Å². The molecule has 1 aliphatic carbocycles. The minimum atomic E-state index is -0.943. The van der Waals surface area contributed by atoms with Crippen LogP contribution >= 0.6 is 0 Å². The summed E-state index contributed by atoms with van der Waals surface area (Å²) in [5.41, 5.74) is 0.238. The second-order valence-electron chi connectivity index (χ2n) is 7.27. The van der Waals surface area contributed by atoms with Gasteiger partial charge in [-0.3, -0.25) is 9.59 Å². The van der Waals surface area contributed by atoms with Gasteiger partial charge in [-0.25, -0.2) is 9.18 Å². The summed E-state index contributed by atoms with van der Waals surface area (Å²) in [4.78, 5) is 37.0. The van der Waals surface area contributed by atoms with Crippen LogP contribution < -0.4 is 10.6 Å². The van der Waals surface area contributed by atoms with Gasteiger partial charge in [-0.15, -0.1) is 0 Å². The van der Waals surface area contributed by atoms with Gasteiger partial charge in [0.25, 0.3) is 11.8 Å². The highest BCUT2D eigenvalue weighted by molar-refractivity contribution is 5.97. The fourth-order valence-corrected chi connectivity index (χ4v) is 3.01. The Bertz CT molecular complexity index is 669. The Kier molecular flexibility index (Phi) is 7.33. The Hall–Kier alpha value is -2.44. The standard InChI is InChI=1S/C20H27FN2O4/c1-12(2)17(23-19(25)14-8-10-15(21)11-9-14)20(26)27-13(3)18(24)22-16-6-4-5-7-16/h8-13,16-17H,4-7H2,1-3H3,(H,22,24)(H,23,25)/t13-,17+/m1/s1. The van der Waals surface area contributed by atoms with Gasteiger partial charge in [0.2, 0.25) is 0 Å². The lowest BCUT2D eigenvalue weighted by Gasteiger charge is -2.23. The molecule has 1 saturated carbocycles. The molecule has 1 aromatic rings. The maximum absolute atomic E-state index is 13.0. The van der Waals surface area contributed by atoms with Crippen molar-refractivity contribution in [3.63, 3.8) is 0 Å². The van der Waals surface area contributed by atoms with E-state index in [9.17, 15) is 18.8 Å². The number of halogens is 1. The minimum Gasteiger partial charge on any atom is -0.451 e. The summed E-state index contributed by atoms with van der Waals surface area (Å²) in [7, 11) is 0. The van der Waals surface area contributed by atoms with E-state index in [4.69, 9.17) is 4.74 Å². The van der Waals surface area contributed by atoms with Gasteiger partial charge in [0.1, 0.15) is 11.9 Å². The van der Waals surface area contributed by atoms with Gasteiger partial charge >= 0.3 is 5.97 Å². The predicted molar refractivity (Wildman–Crippen MR) is 98.4 cm³/mol. The van der Waals surface area contributed by atoms with Crippen molar-refractivity contribution in [3.8, 4) is 0 Å². The van der Waals surface area contributed by atoms with Crippen LogP contribution in [0.15, 0.2) is 24.3 Å². The molecule has 0 heterocycles. The number of hydrogen-bond donors (Lipinski definition) is 2. The van der Waals surface area contributed by atoms with Crippen LogP contribution in [0.5, 0.6) is 0 Å². The Labute approximate surface area is 158 Å². The van der Waals surface area contributed by atoms with E-state index in [1.807, 2.05) is 0 Å². The van der Waals surface area contributed by atoms with Crippen LogP contribution in [-0.2, 0) is 14.3 Å². The molecule has 2 atom stereocenters. The number of amides is 2. The van der Waals surface area contributed by atoms with Crippen molar-refractivity contribution in [2.75, 3.05) is 0 Å². The molecule has 2 amide bonds. The van der Waals surface area contributed by atoms with E-state index in [0.29, 0.717) is 0 Å². The van der Waals surface area contributed by atoms with E-state index in [1.54, 1.807) is 13.8 Å². The molecular formula is C20H27FN2O4. The van der Waals surface area contributed by atoms with E-state index in [0.717, 1.165) is 25.7 Å². The van der Waals surface area contributed by atoms with E-state index < -0.39 is 29.8 Å². The molecule has 0 bridgehead atoms. The van der Waals surface area contributed by atoms with Crippen LogP contribution in [0.3, 0.4) is 0 Å². The lowest BCUT2D eigenvalue weighted by Crippen LogP contribution is -2.48. The normalized spacial score (nSPS) is 16.6. The Morgan fingerprint density at radius 3 is 2.22 bits per heavy atom. The van der Waals surface area contributed by atoms with Crippen LogP contribution in [0.25, 0.3) is 0 Å². The SMILES string of the molecule is CC(C)[C@H](NC(=O)c1ccc(F)cc1)C(=O)O[C@H](C)C(=O)NC1CCCC1. The first-order chi connectivity index (χ1) is 12.8. The molecule has 0 spiro atoms. The van der Waals surface area contributed by atoms with Crippen LogP contribution in [0.2, 0.25) is 0 Å². The molecule has 2 N–H and O–H groups in total. The quantitative estimate of drug-likeness (QED) is 0.714. The molecule has 1 aromatic carbocycles. The molecule has 148 valence electrons. The maximum Gasteiger partial charge on any atom is 0.329 e. The molecule has 7 heteroatoms. The highest BCUT2D eigenvalue weighted by Crippen LogP contribution is 2.18. The van der Waals surface area contributed by atoms with E-state index in [1.165, 1.54) is 31.2 Å². The summed E-state index contributed by atoms with van der Waals surface area (Å²) in [6.45, 7) is 5.04. The molecule has 1 fully saturated rings. The van der Waals surface area contributed by atoms with Gasteiger partial charge in [-0.2, -0.15) is 0 Å². The molecule has 6 nitrogen and oxygen atoms in total. The summed E-state index contributed by atoms with van der Waals surface area (Å²) in [5, 5.41) is 5.49. The summed E-state index contributed by atoms with van der Waals surface area (Å²) >= 11 is 0. The van der Waals surface area contributed by atoms with Crippen molar-refractivity contribution < 1.29 is 23.5 Å². The number of carbonyl (C=O) groups excluding carboxylic acids is 3. The lowest BCUT2D eigenvalue weighted by atomic mass is 10.0. The molecule has 0 unspecified atom stereocenters. The third kappa shape index (κ3) is 6.05. The van der Waals surface area contributed by atoms with Crippen molar-refractivity contribution in [2.24, 2.45) is 5.92 Å². The average Bonchev–Trinajstić information content (AvgIpc) is 3.12. The summed E-state index contributed by atoms with van der Waals surface area (Å²) < 4.78 is 18.3. The van der Waals surface area contributed by atoms with Gasteiger partial charge in [-0.05, 0) is 49.9 Å². The monoisotopic (exact) mass is 378 g/mol. The topological polar surface area (TPSA) is 84.5 Å². The number of rotatable bonds is 7. The molecule has 27 heavy (non-hydrogen) atoms. The first kappa shape index (κ1) is 20.9. The third-order valence-corrected chi connectivity index (χ3v) is 4.68. The highest BCUT2D eigenvalue weighted by Gasteiger charge is 2.30. The second-order valence-corrected chi connectivity index (χ2v) is 7.27. The number of hydrogen-bond acceptors (Lipinski definition) is 4. The third-order valence-electron chi connectivity index (χ3n) is 4.68. The highest BCUT2D eigenvalue weighted by atomic mass is 19.1. The second kappa shape index (κ2) is 9.48.